The summed E-state index contributed by atoms with van der Waals surface area (Å²) in [5.74, 6) is 0.342. The van der Waals surface area contributed by atoms with Gasteiger partial charge in [-0.15, -0.1) is 0 Å². The number of nitrogens with zero attached hydrogens (tertiary/aromatic N) is 2. The van der Waals surface area contributed by atoms with Crippen LogP contribution in [0.15, 0.2) is 71.6 Å². The first-order valence-corrected chi connectivity index (χ1v) is 14.4. The lowest BCUT2D eigenvalue weighted by atomic mass is 9.99. The van der Waals surface area contributed by atoms with Gasteiger partial charge in [-0.25, -0.2) is 8.42 Å². The molecular weight excluding hydrogens is 482 g/mol. The maximum atomic E-state index is 13.7. The molecule has 0 saturated carbocycles. The molecule has 0 aliphatic carbocycles. The van der Waals surface area contributed by atoms with Crippen LogP contribution in [0.2, 0.25) is 0 Å². The van der Waals surface area contributed by atoms with Crippen LogP contribution in [0.1, 0.15) is 42.0 Å². The Kier molecular flexibility index (Phi) is 8.22. The molecule has 1 fully saturated rings. The molecule has 1 atom stereocenters. The van der Waals surface area contributed by atoms with Crippen LogP contribution in [0, 0.1) is 26.7 Å². The number of amides is 1. The zero-order valence-electron chi connectivity index (χ0n) is 22.2. The molecule has 1 heterocycles. The van der Waals surface area contributed by atoms with Crippen molar-refractivity contribution in [3.05, 3.63) is 89.0 Å². The van der Waals surface area contributed by atoms with Crippen LogP contribution in [0.5, 0.6) is 0 Å². The lowest BCUT2D eigenvalue weighted by Gasteiger charge is -2.32. The number of aryl methyl sites for hydroxylation is 2. The predicted molar refractivity (Wildman–Crippen MR) is 151 cm³/mol. The second-order valence-corrected chi connectivity index (χ2v) is 12.0. The molecule has 1 unspecified atom stereocenters. The summed E-state index contributed by atoms with van der Waals surface area (Å²) in [4.78, 5) is 15.6. The SMILES string of the molecule is Cc1ccc(S(=O)(=O)N(CC(=O)NCc2ccc(N3CCCC(C)C3)cc2)c2cccc(C)c2C)cc1. The number of hydrogen-bond donors (Lipinski definition) is 1. The standard InChI is InChI=1S/C30H37N3O3S/c1-22-10-16-28(17-11-22)37(35,36)33(29-9-5-8-24(3)25(29)4)21-30(34)31-19-26-12-14-27(15-13-26)32-18-6-7-23(2)20-32/h5,8-17,23H,6-7,18-21H2,1-4H3,(H,31,34). The van der Waals surface area contributed by atoms with Gasteiger partial charge in [-0.1, -0.05) is 48.9 Å². The van der Waals surface area contributed by atoms with Gasteiger partial charge in [0.15, 0.2) is 0 Å². The Hall–Kier alpha value is -3.32. The second kappa shape index (κ2) is 11.4. The van der Waals surface area contributed by atoms with Gasteiger partial charge in [-0.2, -0.15) is 0 Å². The topological polar surface area (TPSA) is 69.7 Å². The Labute approximate surface area is 221 Å². The number of hydrogen-bond acceptors (Lipinski definition) is 4. The summed E-state index contributed by atoms with van der Waals surface area (Å²) >= 11 is 0. The fourth-order valence-corrected chi connectivity index (χ4v) is 6.26. The average molecular weight is 520 g/mol. The minimum atomic E-state index is -3.94. The van der Waals surface area contributed by atoms with Crippen molar-refractivity contribution in [2.45, 2.75) is 52.0 Å². The number of carbonyl (C=O) groups is 1. The maximum absolute atomic E-state index is 13.7. The Morgan fingerprint density at radius 3 is 2.38 bits per heavy atom. The third-order valence-corrected chi connectivity index (χ3v) is 8.96. The molecular formula is C30H37N3O3S. The first-order chi connectivity index (χ1) is 17.6. The molecule has 37 heavy (non-hydrogen) atoms. The van der Waals surface area contributed by atoms with E-state index in [9.17, 15) is 13.2 Å². The molecule has 1 aliphatic heterocycles. The van der Waals surface area contributed by atoms with Gasteiger partial charge in [0.2, 0.25) is 5.91 Å². The van der Waals surface area contributed by atoms with Crippen LogP contribution >= 0.6 is 0 Å². The lowest BCUT2D eigenvalue weighted by molar-refractivity contribution is -0.119. The second-order valence-electron chi connectivity index (χ2n) is 10.2. The third kappa shape index (κ3) is 6.34. The molecule has 1 amide bonds. The van der Waals surface area contributed by atoms with Crippen molar-refractivity contribution in [3.63, 3.8) is 0 Å². The molecule has 3 aromatic carbocycles. The van der Waals surface area contributed by atoms with Crippen molar-refractivity contribution in [2.24, 2.45) is 5.92 Å². The van der Waals surface area contributed by atoms with E-state index in [1.54, 1.807) is 30.3 Å². The lowest BCUT2D eigenvalue weighted by Crippen LogP contribution is -2.41. The highest BCUT2D eigenvalue weighted by Crippen LogP contribution is 2.29. The van der Waals surface area contributed by atoms with Gasteiger partial charge in [0.05, 0.1) is 10.6 Å². The van der Waals surface area contributed by atoms with Crippen molar-refractivity contribution in [2.75, 3.05) is 28.8 Å². The molecule has 3 aromatic rings. The number of nitrogens with one attached hydrogen (secondary N) is 1. The van der Waals surface area contributed by atoms with Crippen LogP contribution in [-0.2, 0) is 21.4 Å². The van der Waals surface area contributed by atoms with E-state index in [0.29, 0.717) is 18.2 Å². The van der Waals surface area contributed by atoms with Gasteiger partial charge in [0.1, 0.15) is 6.54 Å². The summed E-state index contributed by atoms with van der Waals surface area (Å²) in [7, 11) is -3.94. The third-order valence-electron chi connectivity index (χ3n) is 7.19. The molecule has 196 valence electrons. The summed E-state index contributed by atoms with van der Waals surface area (Å²) < 4.78 is 28.6. The first kappa shape index (κ1) is 26.7. The largest absolute Gasteiger partial charge is 0.371 e. The number of anilines is 2. The van der Waals surface area contributed by atoms with Crippen molar-refractivity contribution >= 4 is 27.3 Å². The number of carbonyl (C=O) groups excluding carboxylic acids is 1. The van der Waals surface area contributed by atoms with E-state index in [4.69, 9.17) is 0 Å². The summed E-state index contributed by atoms with van der Waals surface area (Å²) in [6.45, 7) is 10.2. The Bertz CT molecular complexity index is 1340. The van der Waals surface area contributed by atoms with Crippen LogP contribution in [0.25, 0.3) is 0 Å². The van der Waals surface area contributed by atoms with E-state index in [-0.39, 0.29) is 17.3 Å². The van der Waals surface area contributed by atoms with Gasteiger partial charge in [-0.3, -0.25) is 9.10 Å². The fraction of sp³-hybridized carbons (Fsp3) is 0.367. The molecule has 4 rings (SSSR count). The molecule has 0 aromatic heterocycles. The quantitative estimate of drug-likeness (QED) is 0.435. The van der Waals surface area contributed by atoms with E-state index in [1.807, 2.05) is 45.0 Å². The van der Waals surface area contributed by atoms with Gasteiger partial charge in [0, 0.05) is 25.3 Å². The number of rotatable bonds is 8. The normalized spacial score (nSPS) is 15.9. The minimum Gasteiger partial charge on any atom is -0.371 e. The highest BCUT2D eigenvalue weighted by molar-refractivity contribution is 7.92. The smallest absolute Gasteiger partial charge is 0.264 e. The van der Waals surface area contributed by atoms with E-state index in [2.05, 4.69) is 29.3 Å². The molecule has 1 aliphatic rings. The van der Waals surface area contributed by atoms with Gasteiger partial charge in [0.25, 0.3) is 10.0 Å². The van der Waals surface area contributed by atoms with Crippen molar-refractivity contribution in [1.82, 2.24) is 5.32 Å². The Morgan fingerprint density at radius 2 is 1.70 bits per heavy atom. The number of benzene rings is 3. The van der Waals surface area contributed by atoms with Crippen molar-refractivity contribution < 1.29 is 13.2 Å². The van der Waals surface area contributed by atoms with E-state index < -0.39 is 10.0 Å². The summed E-state index contributed by atoms with van der Waals surface area (Å²) in [6.07, 6.45) is 2.49. The van der Waals surface area contributed by atoms with Gasteiger partial charge < -0.3 is 10.2 Å². The molecule has 0 radical (unpaired) electrons. The van der Waals surface area contributed by atoms with Crippen LogP contribution in [0.3, 0.4) is 0 Å². The van der Waals surface area contributed by atoms with Gasteiger partial charge in [-0.05, 0) is 86.6 Å². The zero-order chi connectivity index (χ0) is 26.6. The maximum Gasteiger partial charge on any atom is 0.264 e. The minimum absolute atomic E-state index is 0.162. The molecule has 1 saturated heterocycles. The van der Waals surface area contributed by atoms with E-state index in [1.165, 1.54) is 22.8 Å². The van der Waals surface area contributed by atoms with Crippen molar-refractivity contribution in [1.29, 1.82) is 0 Å². The molecule has 1 N–H and O–H groups in total. The molecule has 0 spiro atoms. The summed E-state index contributed by atoms with van der Waals surface area (Å²) in [5.41, 5.74) is 5.44. The average Bonchev–Trinajstić information content (AvgIpc) is 2.88. The highest BCUT2D eigenvalue weighted by Gasteiger charge is 2.28. The predicted octanol–water partition coefficient (Wildman–Crippen LogP) is 5.36. The highest BCUT2D eigenvalue weighted by atomic mass is 32.2. The molecule has 7 heteroatoms. The molecule has 6 nitrogen and oxygen atoms in total. The van der Waals surface area contributed by atoms with E-state index >= 15 is 0 Å². The molecule has 0 bridgehead atoms. The Morgan fingerprint density at radius 1 is 1.00 bits per heavy atom. The van der Waals surface area contributed by atoms with Crippen LogP contribution in [-0.4, -0.2) is 34.0 Å². The monoisotopic (exact) mass is 519 g/mol. The van der Waals surface area contributed by atoms with Crippen molar-refractivity contribution in [3.8, 4) is 0 Å². The number of sulfonamides is 1. The first-order valence-electron chi connectivity index (χ1n) is 12.9. The van der Waals surface area contributed by atoms with Crippen LogP contribution in [0.4, 0.5) is 11.4 Å². The van der Waals surface area contributed by atoms with Gasteiger partial charge >= 0.3 is 0 Å². The fourth-order valence-electron chi connectivity index (χ4n) is 4.78. The summed E-state index contributed by atoms with van der Waals surface area (Å²) in [5, 5.41) is 2.91. The van der Waals surface area contributed by atoms with Crippen LogP contribution < -0.4 is 14.5 Å². The van der Waals surface area contributed by atoms with E-state index in [0.717, 1.165) is 35.3 Å². The number of piperidine rings is 1. The Balaban J connectivity index is 1.49. The summed E-state index contributed by atoms with van der Waals surface area (Å²) in [6, 6.07) is 20.5. The zero-order valence-corrected chi connectivity index (χ0v) is 23.0.